The van der Waals surface area contributed by atoms with Crippen molar-refractivity contribution in [3.05, 3.63) is 53.1 Å². The molecule has 1 aromatic carbocycles. The number of allylic oxidation sites excluding steroid dienone is 2. The van der Waals surface area contributed by atoms with Gasteiger partial charge in [0, 0.05) is 17.3 Å². The quantitative estimate of drug-likeness (QED) is 0.108. The molecule has 338 valence electrons. The summed E-state index contributed by atoms with van der Waals surface area (Å²) in [4.78, 5) is 26.2. The second-order valence-corrected chi connectivity index (χ2v) is 19.5. The van der Waals surface area contributed by atoms with Crippen molar-refractivity contribution in [1.29, 1.82) is 0 Å². The molecule has 0 radical (unpaired) electrons. The Morgan fingerprint density at radius 3 is 2.30 bits per heavy atom. The van der Waals surface area contributed by atoms with E-state index >= 15 is 0 Å². The van der Waals surface area contributed by atoms with E-state index in [9.17, 15) is 45.3 Å². The molecule has 21 unspecified atom stereocenters. The molecule has 8 rings (SSSR count). The first-order valence-electron chi connectivity index (χ1n) is 22.1. The van der Waals surface area contributed by atoms with Crippen molar-refractivity contribution in [3.63, 3.8) is 0 Å². The SMILES string of the molecule is CC(C)=CC1C(O)OC2CC3C4CC=C5CC(OC6OC(CO)C(O)C(O)C6OC6OC(C)C(OC(=O)c7ccc(O)cc7)C(O)C6O)CCC5(C)C4CCC3(C=O)C2C1C. The summed E-state index contributed by atoms with van der Waals surface area (Å²) in [5.41, 5.74) is 1.82. The number of aliphatic hydroxyl groups excluding tert-OH is 6. The summed E-state index contributed by atoms with van der Waals surface area (Å²) in [7, 11) is 0. The van der Waals surface area contributed by atoms with E-state index in [2.05, 4.69) is 26.0 Å². The van der Waals surface area contributed by atoms with E-state index in [1.807, 2.05) is 13.8 Å². The molecule has 7 aliphatic rings. The van der Waals surface area contributed by atoms with E-state index in [0.717, 1.165) is 37.7 Å². The van der Waals surface area contributed by atoms with Crippen LogP contribution in [-0.4, -0.2) is 135 Å². The first-order valence-corrected chi connectivity index (χ1v) is 22.1. The average Bonchev–Trinajstić information content (AvgIpc) is 3.57. The third kappa shape index (κ3) is 7.83. The van der Waals surface area contributed by atoms with Gasteiger partial charge in [0.25, 0.3) is 0 Å². The van der Waals surface area contributed by atoms with Gasteiger partial charge >= 0.3 is 5.97 Å². The van der Waals surface area contributed by atoms with Gasteiger partial charge in [-0.1, -0.05) is 37.1 Å². The molecule has 6 fully saturated rings. The number of benzene rings is 1. The Bertz CT molecular complexity index is 1820. The van der Waals surface area contributed by atoms with Crippen LogP contribution in [-0.2, 0) is 33.2 Å². The van der Waals surface area contributed by atoms with E-state index in [-0.39, 0.29) is 52.4 Å². The summed E-state index contributed by atoms with van der Waals surface area (Å²) in [6, 6.07) is 5.33. The number of aldehydes is 1. The van der Waals surface area contributed by atoms with Gasteiger partial charge in [-0.3, -0.25) is 0 Å². The molecule has 61 heavy (non-hydrogen) atoms. The van der Waals surface area contributed by atoms with Crippen LogP contribution in [0, 0.1) is 46.3 Å². The third-order valence-corrected chi connectivity index (χ3v) is 15.9. The van der Waals surface area contributed by atoms with Crippen molar-refractivity contribution < 1.29 is 73.8 Å². The van der Waals surface area contributed by atoms with Gasteiger partial charge in [-0.05, 0) is 119 Å². The summed E-state index contributed by atoms with van der Waals surface area (Å²) >= 11 is 0. The Morgan fingerprint density at radius 2 is 1.61 bits per heavy atom. The van der Waals surface area contributed by atoms with E-state index in [0.29, 0.717) is 18.8 Å². The normalized spacial score (nSPS) is 48.0. The number of carbonyl (C=O) groups excluding carboxylic acids is 2. The molecule has 0 bridgehead atoms. The average molecular weight is 857 g/mol. The lowest BCUT2D eigenvalue weighted by atomic mass is 9.46. The zero-order valence-electron chi connectivity index (χ0n) is 35.6. The molecule has 3 aliphatic heterocycles. The van der Waals surface area contributed by atoms with E-state index in [4.69, 9.17) is 28.4 Å². The van der Waals surface area contributed by atoms with Crippen LogP contribution < -0.4 is 0 Å². The molecule has 3 saturated heterocycles. The Hall–Kier alpha value is -2.80. The van der Waals surface area contributed by atoms with Crippen molar-refractivity contribution in [2.75, 3.05) is 6.61 Å². The number of phenols is 1. The van der Waals surface area contributed by atoms with Gasteiger partial charge in [-0.2, -0.15) is 0 Å². The largest absolute Gasteiger partial charge is 0.508 e. The van der Waals surface area contributed by atoms with Crippen molar-refractivity contribution >= 4 is 12.3 Å². The fraction of sp³-hybridized carbons (Fsp3) is 0.739. The number of hydrogen-bond donors (Lipinski definition) is 7. The highest BCUT2D eigenvalue weighted by Crippen LogP contribution is 2.68. The van der Waals surface area contributed by atoms with Crippen LogP contribution in [0.2, 0.25) is 0 Å². The number of esters is 1. The van der Waals surface area contributed by atoms with Crippen LogP contribution in [0.25, 0.3) is 0 Å². The molecule has 7 N–H and O–H groups in total. The molecule has 15 nitrogen and oxygen atoms in total. The first-order chi connectivity index (χ1) is 29.0. The number of rotatable bonds is 9. The molecule has 3 heterocycles. The number of aromatic hydroxyl groups is 1. The van der Waals surface area contributed by atoms with Gasteiger partial charge in [-0.25, -0.2) is 4.79 Å². The minimum atomic E-state index is -1.76. The minimum absolute atomic E-state index is 0.0340. The fourth-order valence-electron chi connectivity index (χ4n) is 12.8. The highest BCUT2D eigenvalue weighted by molar-refractivity contribution is 5.89. The summed E-state index contributed by atoms with van der Waals surface area (Å²) in [6.07, 6.45) is -5.06. The van der Waals surface area contributed by atoms with Crippen molar-refractivity contribution in [1.82, 2.24) is 0 Å². The van der Waals surface area contributed by atoms with Crippen LogP contribution in [0.4, 0.5) is 0 Å². The number of hydrogen-bond acceptors (Lipinski definition) is 15. The number of carbonyl (C=O) groups is 2. The van der Waals surface area contributed by atoms with Crippen molar-refractivity contribution in [3.8, 4) is 5.75 Å². The van der Waals surface area contributed by atoms with Crippen LogP contribution >= 0.6 is 0 Å². The third-order valence-electron chi connectivity index (χ3n) is 15.9. The topological polar surface area (TPSA) is 231 Å². The maximum atomic E-state index is 13.3. The Kier molecular flexibility index (Phi) is 12.7. The van der Waals surface area contributed by atoms with E-state index < -0.39 is 91.8 Å². The molecular weight excluding hydrogens is 792 g/mol. The lowest BCUT2D eigenvalue weighted by molar-refractivity contribution is -0.369. The lowest BCUT2D eigenvalue weighted by Gasteiger charge is -2.58. The maximum Gasteiger partial charge on any atom is 0.338 e. The van der Waals surface area contributed by atoms with Crippen molar-refractivity contribution in [2.45, 2.75) is 159 Å². The summed E-state index contributed by atoms with van der Waals surface area (Å²) < 4.78 is 36.4. The predicted octanol–water partition coefficient (Wildman–Crippen LogP) is 2.90. The minimum Gasteiger partial charge on any atom is -0.508 e. The van der Waals surface area contributed by atoms with Crippen LogP contribution in [0.15, 0.2) is 47.6 Å². The number of fused-ring (bicyclic) bond motifs is 7. The number of phenolic OH excluding ortho intramolecular Hbond substituents is 1. The molecule has 21 atom stereocenters. The summed E-state index contributed by atoms with van der Waals surface area (Å²) in [5, 5.41) is 75.2. The van der Waals surface area contributed by atoms with Crippen molar-refractivity contribution in [2.24, 2.45) is 46.3 Å². The smallest absolute Gasteiger partial charge is 0.338 e. The zero-order chi connectivity index (χ0) is 43.7. The molecule has 0 amide bonds. The maximum absolute atomic E-state index is 13.3. The van der Waals surface area contributed by atoms with Gasteiger partial charge in [0.05, 0.1) is 30.5 Å². The van der Waals surface area contributed by atoms with Gasteiger partial charge < -0.3 is 69.0 Å². The molecule has 0 aromatic heterocycles. The second-order valence-electron chi connectivity index (χ2n) is 19.5. The molecule has 4 aliphatic carbocycles. The summed E-state index contributed by atoms with van der Waals surface area (Å²) in [6.45, 7) is 9.45. The zero-order valence-corrected chi connectivity index (χ0v) is 35.6. The first kappa shape index (κ1) is 44.8. The molecule has 1 aromatic rings. The van der Waals surface area contributed by atoms with Gasteiger partial charge in [0.15, 0.2) is 25.0 Å². The Labute approximate surface area is 356 Å². The van der Waals surface area contributed by atoms with E-state index in [1.165, 1.54) is 43.0 Å². The molecule has 3 saturated carbocycles. The Morgan fingerprint density at radius 1 is 0.885 bits per heavy atom. The van der Waals surface area contributed by atoms with Gasteiger partial charge in [0.1, 0.15) is 48.7 Å². The van der Waals surface area contributed by atoms with Gasteiger partial charge in [-0.15, -0.1) is 0 Å². The molecule has 0 spiro atoms. The van der Waals surface area contributed by atoms with Crippen LogP contribution in [0.5, 0.6) is 5.75 Å². The molecular formula is C46H64O15. The Balaban J connectivity index is 0.957. The van der Waals surface area contributed by atoms with E-state index in [1.54, 1.807) is 0 Å². The molecule has 15 heteroatoms. The van der Waals surface area contributed by atoms with Crippen LogP contribution in [0.1, 0.15) is 89.9 Å². The predicted molar refractivity (Wildman–Crippen MR) is 215 cm³/mol. The monoisotopic (exact) mass is 856 g/mol. The fourth-order valence-corrected chi connectivity index (χ4v) is 12.8. The lowest BCUT2D eigenvalue weighted by Crippen LogP contribution is -2.64. The standard InChI is InChI=1S/C46H64O15/c1-21(2)16-29-22(3)34-32(58-42(29)55)18-31-28-11-8-25-17-27(12-14-45(25,5)30(28)13-15-46(31,34)20-48)57-44-40(36(51)35(50)33(19-47)59-44)61-43-38(53)37(52)39(23(4)56-43)60-41(54)24-6-9-26(49)10-7-24/h6-10,16,20,22-23,27-40,42-44,47,49-53,55H,11-15,17-19H2,1-5H3. The second kappa shape index (κ2) is 17.3. The summed E-state index contributed by atoms with van der Waals surface area (Å²) in [5.74, 6) is -0.149. The highest BCUT2D eigenvalue weighted by Gasteiger charge is 2.66. The number of aliphatic hydroxyl groups is 6. The van der Waals surface area contributed by atoms with Crippen LogP contribution in [0.3, 0.4) is 0 Å². The van der Waals surface area contributed by atoms with Gasteiger partial charge in [0.2, 0.25) is 0 Å². The number of ether oxygens (including phenoxy) is 6. The highest BCUT2D eigenvalue weighted by atomic mass is 16.8.